The van der Waals surface area contributed by atoms with Crippen molar-refractivity contribution in [1.82, 2.24) is 10.3 Å². The van der Waals surface area contributed by atoms with Gasteiger partial charge in [-0.25, -0.2) is 18.6 Å². The molecule has 0 radical (unpaired) electrons. The molecule has 3 aromatic rings. The van der Waals surface area contributed by atoms with E-state index >= 15 is 0 Å². The van der Waals surface area contributed by atoms with Gasteiger partial charge in [0.25, 0.3) is 5.91 Å². The number of methoxy groups -OCH3 is 1. The summed E-state index contributed by atoms with van der Waals surface area (Å²) in [4.78, 5) is 42.5. The third kappa shape index (κ3) is 6.59. The molecule has 1 amide bonds. The number of hydrogen-bond donors (Lipinski definition) is 1. The summed E-state index contributed by atoms with van der Waals surface area (Å²) in [5.74, 6) is -2.84. The van der Waals surface area contributed by atoms with Crippen molar-refractivity contribution in [3.05, 3.63) is 88.7 Å². The summed E-state index contributed by atoms with van der Waals surface area (Å²) < 4.78 is 44.0. The number of aromatic nitrogens is 1. The highest BCUT2D eigenvalue weighted by molar-refractivity contribution is 7.98. The average Bonchev–Trinajstić information content (AvgIpc) is 3.28. The number of carbonyl (C=O) groups is 3. The number of carbonyl (C=O) groups excluding carboxylic acids is 3. The third-order valence-electron chi connectivity index (χ3n) is 6.46. The molecule has 0 bridgehead atoms. The molecule has 0 fully saturated rings. The van der Waals surface area contributed by atoms with E-state index < -0.39 is 47.5 Å². The molecule has 210 valence electrons. The van der Waals surface area contributed by atoms with Crippen LogP contribution in [-0.4, -0.2) is 54.1 Å². The number of esters is 2. The molecule has 3 atom stereocenters. The highest BCUT2D eigenvalue weighted by atomic mass is 32.2. The van der Waals surface area contributed by atoms with Crippen LogP contribution in [0.3, 0.4) is 0 Å². The first kappa shape index (κ1) is 29.0. The molecule has 1 heterocycles. The Morgan fingerprint density at radius 3 is 2.52 bits per heavy atom. The summed E-state index contributed by atoms with van der Waals surface area (Å²) in [6.07, 6.45) is 2.82. The van der Waals surface area contributed by atoms with Crippen LogP contribution in [-0.2, 0) is 20.7 Å². The van der Waals surface area contributed by atoms with E-state index in [0.29, 0.717) is 16.9 Å². The van der Waals surface area contributed by atoms with Crippen molar-refractivity contribution in [2.45, 2.75) is 37.8 Å². The molecule has 1 aliphatic carbocycles. The maximum atomic E-state index is 13.9. The number of halogens is 2. The molecule has 2 unspecified atom stereocenters. The summed E-state index contributed by atoms with van der Waals surface area (Å²) in [6, 6.07) is 10.5. The van der Waals surface area contributed by atoms with Gasteiger partial charge in [-0.1, -0.05) is 18.2 Å². The van der Waals surface area contributed by atoms with Gasteiger partial charge in [0.1, 0.15) is 23.8 Å². The molecular weight excluding hydrogens is 542 g/mol. The van der Waals surface area contributed by atoms with E-state index in [4.69, 9.17) is 14.2 Å². The normalized spacial score (nSPS) is 16.5. The van der Waals surface area contributed by atoms with Crippen LogP contribution in [0.15, 0.2) is 54.7 Å². The minimum Gasteiger partial charge on any atom is -0.493 e. The van der Waals surface area contributed by atoms with E-state index in [2.05, 4.69) is 10.3 Å². The van der Waals surface area contributed by atoms with Crippen molar-refractivity contribution in [2.24, 2.45) is 0 Å². The monoisotopic (exact) mass is 570 g/mol. The fourth-order valence-electron chi connectivity index (χ4n) is 4.54. The van der Waals surface area contributed by atoms with E-state index in [0.717, 1.165) is 5.56 Å². The number of benzene rings is 2. The van der Waals surface area contributed by atoms with E-state index in [-0.39, 0.29) is 30.0 Å². The summed E-state index contributed by atoms with van der Waals surface area (Å²) in [5.41, 5.74) is 1.92. The zero-order chi connectivity index (χ0) is 28.8. The summed E-state index contributed by atoms with van der Waals surface area (Å²) >= 11 is 1.47. The van der Waals surface area contributed by atoms with E-state index in [1.807, 2.05) is 6.26 Å². The van der Waals surface area contributed by atoms with Crippen LogP contribution in [0, 0.1) is 11.6 Å². The molecule has 1 N–H and O–H groups in total. The number of fused-ring (bicyclic) bond motifs is 1. The minimum absolute atomic E-state index is 0.117. The second-order valence-electron chi connectivity index (χ2n) is 9.15. The summed E-state index contributed by atoms with van der Waals surface area (Å²) in [7, 11) is 1.36. The Balaban J connectivity index is 1.50. The van der Waals surface area contributed by atoms with Crippen molar-refractivity contribution in [1.29, 1.82) is 0 Å². The quantitative estimate of drug-likeness (QED) is 0.357. The van der Waals surface area contributed by atoms with Gasteiger partial charge in [-0.05, 0) is 54.1 Å². The van der Waals surface area contributed by atoms with E-state index in [1.165, 1.54) is 62.3 Å². The van der Waals surface area contributed by atoms with Gasteiger partial charge in [0.05, 0.1) is 13.5 Å². The maximum absolute atomic E-state index is 13.9. The summed E-state index contributed by atoms with van der Waals surface area (Å²) in [5, 5.41) is 2.53. The summed E-state index contributed by atoms with van der Waals surface area (Å²) in [6.45, 7) is 1.44. The molecular formula is C29H28F2N2O6S. The first-order chi connectivity index (χ1) is 19.2. The first-order valence-electron chi connectivity index (χ1n) is 12.5. The van der Waals surface area contributed by atoms with Gasteiger partial charge >= 0.3 is 11.9 Å². The molecule has 40 heavy (non-hydrogen) atoms. The molecule has 4 rings (SSSR count). The van der Waals surface area contributed by atoms with E-state index in [9.17, 15) is 23.2 Å². The zero-order valence-electron chi connectivity index (χ0n) is 22.1. The number of pyridine rings is 1. The lowest BCUT2D eigenvalue weighted by molar-refractivity contribution is -0.151. The van der Waals surface area contributed by atoms with Crippen LogP contribution in [0.5, 0.6) is 11.5 Å². The van der Waals surface area contributed by atoms with Crippen LogP contribution in [0.25, 0.3) is 0 Å². The largest absolute Gasteiger partial charge is 0.493 e. The standard InChI is InChI=1S/C29H28F2N2O6S/c1-16(33-28(35)26-27(22(37-2)10-12-32-26)39-24(34)11-13-40-3)29(36)38-23-15-18-14-20(31)8-9-21(18)25(23)17-4-6-19(30)7-5-17/h4-10,12,14,16,23,25H,11,13,15H2,1-3H3,(H,33,35)/t16-,23?,25?/m0/s1. The number of thioether (sulfide) groups is 1. The Hall–Kier alpha value is -3.99. The van der Waals surface area contributed by atoms with Crippen LogP contribution < -0.4 is 14.8 Å². The highest BCUT2D eigenvalue weighted by Crippen LogP contribution is 2.40. The van der Waals surface area contributed by atoms with Crippen molar-refractivity contribution in [3.8, 4) is 11.5 Å². The molecule has 0 spiro atoms. The van der Waals surface area contributed by atoms with Crippen LogP contribution in [0.2, 0.25) is 0 Å². The van der Waals surface area contributed by atoms with Crippen LogP contribution in [0.1, 0.15) is 46.4 Å². The fourth-order valence-corrected chi connectivity index (χ4v) is 4.91. The smallest absolute Gasteiger partial charge is 0.328 e. The number of nitrogens with zero attached hydrogens (tertiary/aromatic N) is 1. The van der Waals surface area contributed by atoms with Crippen molar-refractivity contribution >= 4 is 29.6 Å². The molecule has 2 aromatic carbocycles. The second-order valence-corrected chi connectivity index (χ2v) is 10.1. The molecule has 1 aliphatic rings. The topological polar surface area (TPSA) is 104 Å². The Morgan fingerprint density at radius 1 is 1.10 bits per heavy atom. The average molecular weight is 571 g/mol. The van der Waals surface area contributed by atoms with Crippen LogP contribution >= 0.6 is 11.8 Å². The Bertz CT molecular complexity index is 1400. The van der Waals surface area contributed by atoms with Gasteiger partial charge in [0.2, 0.25) is 5.75 Å². The SMILES string of the molecule is COc1ccnc(C(=O)N[C@@H](C)C(=O)OC2Cc3cc(F)ccc3C2c2ccc(F)cc2)c1OC(=O)CCSC. The van der Waals surface area contributed by atoms with Gasteiger partial charge in [-0.3, -0.25) is 9.59 Å². The van der Waals surface area contributed by atoms with Gasteiger partial charge in [0.15, 0.2) is 11.4 Å². The van der Waals surface area contributed by atoms with Crippen molar-refractivity contribution in [2.75, 3.05) is 19.1 Å². The lowest BCUT2D eigenvalue weighted by Crippen LogP contribution is -2.42. The Labute approximate surface area is 234 Å². The van der Waals surface area contributed by atoms with Gasteiger partial charge in [-0.15, -0.1) is 0 Å². The van der Waals surface area contributed by atoms with Gasteiger partial charge in [0, 0.05) is 30.4 Å². The van der Waals surface area contributed by atoms with Crippen molar-refractivity contribution in [3.63, 3.8) is 0 Å². The Kier molecular flexibility index (Phi) is 9.36. The lowest BCUT2D eigenvalue weighted by atomic mass is 9.91. The molecule has 0 saturated carbocycles. The number of nitrogens with one attached hydrogen (secondary N) is 1. The maximum Gasteiger partial charge on any atom is 0.328 e. The predicted molar refractivity (Wildman–Crippen MR) is 145 cm³/mol. The number of rotatable bonds is 10. The minimum atomic E-state index is -1.12. The Morgan fingerprint density at radius 2 is 1.82 bits per heavy atom. The fraction of sp³-hybridized carbons (Fsp3) is 0.310. The second kappa shape index (κ2) is 12.9. The molecule has 0 saturated heterocycles. The lowest BCUT2D eigenvalue weighted by Gasteiger charge is -2.23. The molecule has 0 aliphatic heterocycles. The van der Waals surface area contributed by atoms with Gasteiger partial charge in [-0.2, -0.15) is 11.8 Å². The molecule has 11 heteroatoms. The van der Waals surface area contributed by atoms with E-state index in [1.54, 1.807) is 18.2 Å². The van der Waals surface area contributed by atoms with Crippen molar-refractivity contribution < 1.29 is 37.4 Å². The molecule has 8 nitrogen and oxygen atoms in total. The van der Waals surface area contributed by atoms with Gasteiger partial charge < -0.3 is 19.5 Å². The van der Waals surface area contributed by atoms with Crippen LogP contribution in [0.4, 0.5) is 8.78 Å². The first-order valence-corrected chi connectivity index (χ1v) is 13.9. The predicted octanol–water partition coefficient (Wildman–Crippen LogP) is 4.45. The zero-order valence-corrected chi connectivity index (χ0v) is 22.9. The number of hydrogen-bond acceptors (Lipinski definition) is 8. The number of ether oxygens (including phenoxy) is 3. The molecule has 1 aromatic heterocycles. The third-order valence-corrected chi connectivity index (χ3v) is 7.07. The highest BCUT2D eigenvalue weighted by Gasteiger charge is 2.38. The number of amides is 1.